The van der Waals surface area contributed by atoms with E-state index in [1.54, 1.807) is 31.2 Å². The molecular weight excluding hydrogens is 412 g/mol. The van der Waals surface area contributed by atoms with Crippen LogP contribution in [0.3, 0.4) is 0 Å². The summed E-state index contributed by atoms with van der Waals surface area (Å²) in [5.41, 5.74) is 1.23. The number of hydrogen-bond donors (Lipinski definition) is 3. The van der Waals surface area contributed by atoms with E-state index in [2.05, 4.69) is 5.32 Å². The lowest BCUT2D eigenvalue weighted by Gasteiger charge is -2.36. The van der Waals surface area contributed by atoms with E-state index in [1.807, 2.05) is 5.43 Å². The van der Waals surface area contributed by atoms with Gasteiger partial charge in [-0.25, -0.2) is 19.1 Å². The van der Waals surface area contributed by atoms with Crippen molar-refractivity contribution in [2.24, 2.45) is 5.84 Å². The van der Waals surface area contributed by atoms with Gasteiger partial charge in [-0.05, 0) is 25.1 Å². The van der Waals surface area contributed by atoms with E-state index in [-0.39, 0.29) is 26.9 Å². The topological polar surface area (TPSA) is 148 Å². The Kier molecular flexibility index (Phi) is 4.51. The molecule has 2 heterocycles. The number of sulfonamides is 1. The lowest BCUT2D eigenvalue weighted by molar-refractivity contribution is -0.134. The molecule has 30 heavy (non-hydrogen) atoms. The van der Waals surface area contributed by atoms with Gasteiger partial charge in [0, 0.05) is 12.0 Å². The van der Waals surface area contributed by atoms with E-state index in [4.69, 9.17) is 10.6 Å². The molecule has 2 aliphatic rings. The maximum atomic E-state index is 13.4. The minimum atomic E-state index is -4.47. The lowest BCUT2D eigenvalue weighted by atomic mass is 9.81. The number of amides is 4. The number of urea groups is 1. The highest BCUT2D eigenvalue weighted by Crippen LogP contribution is 2.44. The van der Waals surface area contributed by atoms with Crippen molar-refractivity contribution >= 4 is 27.9 Å². The van der Waals surface area contributed by atoms with Crippen LogP contribution in [0.25, 0.3) is 0 Å². The second kappa shape index (κ2) is 6.82. The van der Waals surface area contributed by atoms with Crippen molar-refractivity contribution in [1.29, 1.82) is 0 Å². The molecule has 4 amide bonds. The number of para-hydroxylation sites is 1. The van der Waals surface area contributed by atoms with E-state index >= 15 is 0 Å². The summed E-state index contributed by atoms with van der Waals surface area (Å²) in [6.07, 6.45) is -1.53. The number of nitrogens with zero attached hydrogens (tertiary/aromatic N) is 1. The molecule has 1 spiro atoms. The second-order valence-electron chi connectivity index (χ2n) is 7.04. The molecule has 0 bridgehead atoms. The molecule has 4 N–H and O–H groups in total. The van der Waals surface area contributed by atoms with Crippen LogP contribution in [-0.4, -0.2) is 36.7 Å². The first-order valence-electron chi connectivity index (χ1n) is 8.96. The summed E-state index contributed by atoms with van der Waals surface area (Å²) in [5.74, 6) is 3.63. The molecule has 1 saturated heterocycles. The maximum absolute atomic E-state index is 13.4. The standard InChI is InChI=1S/C19H18N4O6S/c1-11-6-8-12(9-7-11)30(27,28)23-17(25)19(21-18(23)26)10-15(16(24)22-20)29-14-5-3-2-4-13(14)19/h2-9,15H,10,20H2,1H3,(H,21,26)(H,22,24). The number of ether oxygens (including phenoxy) is 1. The number of rotatable bonds is 3. The number of nitrogens with two attached hydrogens (primary N) is 1. The lowest BCUT2D eigenvalue weighted by Crippen LogP contribution is -2.55. The number of carbonyl (C=O) groups excluding carboxylic acids is 3. The molecule has 2 aliphatic heterocycles. The maximum Gasteiger partial charge on any atom is 0.339 e. The Balaban J connectivity index is 1.82. The first-order valence-corrected chi connectivity index (χ1v) is 10.4. The normalized spacial score (nSPS) is 23.0. The van der Waals surface area contributed by atoms with Crippen molar-refractivity contribution in [3.8, 4) is 5.75 Å². The van der Waals surface area contributed by atoms with E-state index < -0.39 is 39.5 Å². The molecule has 156 valence electrons. The number of hydrogen-bond acceptors (Lipinski definition) is 7. The van der Waals surface area contributed by atoms with Crippen molar-refractivity contribution in [3.63, 3.8) is 0 Å². The number of fused-ring (bicyclic) bond motifs is 2. The molecular formula is C19H18N4O6S. The van der Waals surface area contributed by atoms with Crippen molar-refractivity contribution in [3.05, 3.63) is 59.7 Å². The van der Waals surface area contributed by atoms with Crippen molar-refractivity contribution in [2.75, 3.05) is 0 Å². The van der Waals surface area contributed by atoms with Gasteiger partial charge in [-0.1, -0.05) is 35.9 Å². The largest absolute Gasteiger partial charge is 0.480 e. The first-order chi connectivity index (χ1) is 14.2. The smallest absolute Gasteiger partial charge is 0.339 e. The van der Waals surface area contributed by atoms with Crippen LogP contribution < -0.4 is 21.3 Å². The Morgan fingerprint density at radius 2 is 1.87 bits per heavy atom. The molecule has 0 radical (unpaired) electrons. The first kappa shape index (κ1) is 19.9. The zero-order chi connectivity index (χ0) is 21.7. The Labute approximate surface area is 172 Å². The monoisotopic (exact) mass is 430 g/mol. The quantitative estimate of drug-likeness (QED) is 0.274. The molecule has 0 saturated carbocycles. The van der Waals surface area contributed by atoms with Crippen molar-refractivity contribution in [1.82, 2.24) is 15.0 Å². The summed E-state index contributed by atoms with van der Waals surface area (Å²) in [7, 11) is -4.47. The predicted octanol–water partition coefficient (Wildman–Crippen LogP) is 0.272. The number of imide groups is 1. The van der Waals surface area contributed by atoms with E-state index in [9.17, 15) is 22.8 Å². The fourth-order valence-electron chi connectivity index (χ4n) is 3.65. The fraction of sp³-hybridized carbons (Fsp3) is 0.211. The molecule has 2 unspecified atom stereocenters. The minimum Gasteiger partial charge on any atom is -0.480 e. The van der Waals surface area contributed by atoms with Crippen LogP contribution in [0.15, 0.2) is 53.4 Å². The van der Waals surface area contributed by atoms with Gasteiger partial charge < -0.3 is 10.1 Å². The number of aryl methyl sites for hydroxylation is 1. The van der Waals surface area contributed by atoms with Gasteiger partial charge in [-0.2, -0.15) is 0 Å². The third kappa shape index (κ3) is 2.82. The zero-order valence-corrected chi connectivity index (χ0v) is 16.6. The molecule has 10 nitrogen and oxygen atoms in total. The van der Waals surface area contributed by atoms with E-state index in [0.717, 1.165) is 5.56 Å². The summed E-state index contributed by atoms with van der Waals surface area (Å²) in [5, 5.41) is 2.48. The van der Waals surface area contributed by atoms with Crippen LogP contribution in [-0.2, 0) is 25.2 Å². The number of carbonyl (C=O) groups is 3. The molecule has 0 aliphatic carbocycles. The van der Waals surface area contributed by atoms with Crippen LogP contribution in [0.5, 0.6) is 5.75 Å². The molecule has 1 fully saturated rings. The average Bonchev–Trinajstić information content (AvgIpc) is 2.98. The fourth-order valence-corrected chi connectivity index (χ4v) is 4.98. The second-order valence-corrected chi connectivity index (χ2v) is 8.83. The highest BCUT2D eigenvalue weighted by molar-refractivity contribution is 7.90. The molecule has 2 aromatic rings. The van der Waals surface area contributed by atoms with Gasteiger partial charge in [0.1, 0.15) is 5.75 Å². The summed E-state index contributed by atoms with van der Waals surface area (Å²) in [6.45, 7) is 1.78. The SMILES string of the molecule is Cc1ccc(S(=O)(=O)N2C(=O)NC3(CC(C(=O)NN)Oc4ccccc43)C2=O)cc1. The Bertz CT molecular complexity index is 1160. The Hall–Kier alpha value is -3.44. The number of hydrazine groups is 1. The highest BCUT2D eigenvalue weighted by atomic mass is 32.2. The van der Waals surface area contributed by atoms with Crippen LogP contribution in [0.1, 0.15) is 17.5 Å². The molecule has 4 rings (SSSR count). The average molecular weight is 430 g/mol. The van der Waals surface area contributed by atoms with Crippen molar-refractivity contribution < 1.29 is 27.5 Å². The van der Waals surface area contributed by atoms with Crippen LogP contribution in [0.4, 0.5) is 4.79 Å². The van der Waals surface area contributed by atoms with Gasteiger partial charge in [0.05, 0.1) is 4.90 Å². The number of nitrogens with one attached hydrogen (secondary N) is 2. The molecule has 2 aromatic carbocycles. The highest BCUT2D eigenvalue weighted by Gasteiger charge is 2.61. The summed E-state index contributed by atoms with van der Waals surface area (Å²) < 4.78 is 32.0. The van der Waals surface area contributed by atoms with Crippen LogP contribution >= 0.6 is 0 Å². The van der Waals surface area contributed by atoms with Gasteiger partial charge in [0.15, 0.2) is 11.6 Å². The van der Waals surface area contributed by atoms with Crippen molar-refractivity contribution in [2.45, 2.75) is 29.9 Å². The predicted molar refractivity (Wildman–Crippen MR) is 103 cm³/mol. The summed E-state index contributed by atoms with van der Waals surface area (Å²) in [4.78, 5) is 38.1. The van der Waals surface area contributed by atoms with Gasteiger partial charge in [0.2, 0.25) is 0 Å². The number of benzene rings is 2. The molecule has 11 heteroatoms. The third-order valence-electron chi connectivity index (χ3n) is 5.16. The van der Waals surface area contributed by atoms with Gasteiger partial charge >= 0.3 is 6.03 Å². The van der Waals surface area contributed by atoms with Gasteiger partial charge in [-0.3, -0.25) is 15.0 Å². The van der Waals surface area contributed by atoms with Crippen LogP contribution in [0.2, 0.25) is 0 Å². The summed E-state index contributed by atoms with van der Waals surface area (Å²) in [6, 6.07) is 10.9. The summed E-state index contributed by atoms with van der Waals surface area (Å²) >= 11 is 0. The van der Waals surface area contributed by atoms with Crippen LogP contribution in [0, 0.1) is 6.92 Å². The third-order valence-corrected chi connectivity index (χ3v) is 6.84. The minimum absolute atomic E-state index is 0.167. The van der Waals surface area contributed by atoms with Gasteiger partial charge in [0.25, 0.3) is 21.8 Å². The Morgan fingerprint density at radius 1 is 1.20 bits per heavy atom. The zero-order valence-electron chi connectivity index (χ0n) is 15.8. The Morgan fingerprint density at radius 3 is 2.53 bits per heavy atom. The van der Waals surface area contributed by atoms with E-state index in [1.165, 1.54) is 24.3 Å². The molecule has 2 atom stereocenters. The van der Waals surface area contributed by atoms with E-state index in [0.29, 0.717) is 0 Å². The van der Waals surface area contributed by atoms with Gasteiger partial charge in [-0.15, -0.1) is 4.31 Å². The molecule has 0 aromatic heterocycles.